The Labute approximate surface area is 154 Å². The van der Waals surface area contributed by atoms with Crippen molar-refractivity contribution in [2.45, 2.75) is 46.1 Å². The van der Waals surface area contributed by atoms with E-state index in [0.717, 1.165) is 29.8 Å². The third kappa shape index (κ3) is 4.98. The summed E-state index contributed by atoms with van der Waals surface area (Å²) in [4.78, 5) is 24.0. The summed E-state index contributed by atoms with van der Waals surface area (Å²) in [7, 11) is 0. The molecule has 1 aromatic carbocycles. The van der Waals surface area contributed by atoms with E-state index in [-0.39, 0.29) is 11.9 Å². The topological polar surface area (TPSA) is 53.9 Å². The van der Waals surface area contributed by atoms with Gasteiger partial charge in [0.15, 0.2) is 0 Å². The summed E-state index contributed by atoms with van der Waals surface area (Å²) in [6.07, 6.45) is 2.40. The highest BCUT2D eigenvalue weighted by Crippen LogP contribution is 2.28. The molecule has 0 aromatic heterocycles. The molecule has 0 saturated carbocycles. The smallest absolute Gasteiger partial charge is 0.249 e. The average molecular weight is 364 g/mol. The number of nitrogens with zero attached hydrogens (tertiary/aromatic N) is 2. The Morgan fingerprint density at radius 3 is 2.60 bits per heavy atom. The summed E-state index contributed by atoms with van der Waals surface area (Å²) in [5.74, 6) is 0.804. The summed E-state index contributed by atoms with van der Waals surface area (Å²) in [5.41, 5.74) is 5.52. The van der Waals surface area contributed by atoms with Crippen molar-refractivity contribution in [2.24, 2.45) is 4.99 Å². The number of carbonyl (C=O) groups excluding carboxylic acids is 1. The van der Waals surface area contributed by atoms with E-state index in [0.29, 0.717) is 24.7 Å². The van der Waals surface area contributed by atoms with E-state index >= 15 is 0 Å². The van der Waals surface area contributed by atoms with Crippen molar-refractivity contribution in [1.29, 1.82) is 0 Å². The van der Waals surface area contributed by atoms with Gasteiger partial charge in [-0.3, -0.25) is 9.79 Å². The van der Waals surface area contributed by atoms with Crippen LogP contribution in [0.5, 0.6) is 0 Å². The van der Waals surface area contributed by atoms with Gasteiger partial charge in [0.05, 0.1) is 6.04 Å². The number of benzene rings is 1. The maximum atomic E-state index is 11.3. The fourth-order valence-electron chi connectivity index (χ4n) is 3.04. The van der Waals surface area contributed by atoms with Gasteiger partial charge in [-0.2, -0.15) is 5.48 Å². The van der Waals surface area contributed by atoms with Gasteiger partial charge < -0.3 is 9.74 Å². The maximum Gasteiger partial charge on any atom is 0.249 e. The Morgan fingerprint density at radius 1 is 1.32 bits per heavy atom. The molecule has 1 aromatic rings. The lowest BCUT2D eigenvalue weighted by atomic mass is 10.0. The molecule has 6 heteroatoms. The van der Waals surface area contributed by atoms with Crippen molar-refractivity contribution in [3.8, 4) is 0 Å². The van der Waals surface area contributed by atoms with Gasteiger partial charge >= 0.3 is 0 Å². The molecule has 1 aliphatic heterocycles. The minimum absolute atomic E-state index is 0.132. The molecule has 2 rings (SSSR count). The number of hydrogen-bond acceptors (Lipinski definition) is 4. The fraction of sp³-hybridized carbons (Fsp3) is 0.474. The molecule has 1 N–H and O–H groups in total. The zero-order valence-electron chi connectivity index (χ0n) is 15.1. The van der Waals surface area contributed by atoms with E-state index in [9.17, 15) is 4.79 Å². The minimum Gasteiger partial charge on any atom is -0.359 e. The monoisotopic (exact) mass is 363 g/mol. The molecule has 1 atom stereocenters. The lowest BCUT2D eigenvalue weighted by molar-refractivity contribution is -0.130. The quantitative estimate of drug-likeness (QED) is 0.566. The molecule has 0 fully saturated rings. The lowest BCUT2D eigenvalue weighted by Gasteiger charge is -2.38. The van der Waals surface area contributed by atoms with Crippen LogP contribution in [0.2, 0.25) is 0 Å². The van der Waals surface area contributed by atoms with Crippen molar-refractivity contribution < 1.29 is 9.63 Å². The number of carbonyl (C=O) groups is 1. The predicted octanol–water partition coefficient (Wildman–Crippen LogP) is 3.65. The average Bonchev–Trinajstić information content (AvgIpc) is 2.61. The number of hydroxylamine groups is 1. The van der Waals surface area contributed by atoms with E-state index in [2.05, 4.69) is 36.4 Å². The zero-order chi connectivity index (χ0) is 18.2. The summed E-state index contributed by atoms with van der Waals surface area (Å²) in [6.45, 7) is 6.28. The highest BCUT2D eigenvalue weighted by molar-refractivity contribution is 6.18. The van der Waals surface area contributed by atoms with Crippen LogP contribution in [-0.2, 0) is 16.1 Å². The molecule has 25 heavy (non-hydrogen) atoms. The first kappa shape index (κ1) is 19.3. The summed E-state index contributed by atoms with van der Waals surface area (Å²) in [6, 6.07) is 10.2. The second-order valence-electron chi connectivity index (χ2n) is 5.94. The molecular weight excluding hydrogens is 338 g/mol. The molecule has 1 amide bonds. The van der Waals surface area contributed by atoms with Crippen LogP contribution < -0.4 is 5.48 Å². The van der Waals surface area contributed by atoms with E-state index in [4.69, 9.17) is 21.4 Å². The zero-order valence-corrected chi connectivity index (χ0v) is 15.8. The van der Waals surface area contributed by atoms with E-state index in [1.807, 2.05) is 18.2 Å². The van der Waals surface area contributed by atoms with Crippen LogP contribution in [0.15, 0.2) is 46.9 Å². The van der Waals surface area contributed by atoms with E-state index in [1.165, 1.54) is 6.92 Å². The van der Waals surface area contributed by atoms with Gasteiger partial charge in [0.1, 0.15) is 5.70 Å². The van der Waals surface area contributed by atoms with Crippen LogP contribution in [0.25, 0.3) is 0 Å². The van der Waals surface area contributed by atoms with Gasteiger partial charge in [-0.15, -0.1) is 11.6 Å². The van der Waals surface area contributed by atoms with Crippen LogP contribution in [0.3, 0.4) is 0 Å². The number of rotatable bonds is 8. The Hall–Kier alpha value is -2.01. The Bertz CT molecular complexity index is 643. The van der Waals surface area contributed by atoms with Crippen LogP contribution in [0.1, 0.15) is 39.2 Å². The van der Waals surface area contributed by atoms with Crippen molar-refractivity contribution in [3.63, 3.8) is 0 Å². The Balaban J connectivity index is 2.44. The molecule has 0 saturated heterocycles. The van der Waals surface area contributed by atoms with Gasteiger partial charge in [-0.05, 0) is 18.4 Å². The summed E-state index contributed by atoms with van der Waals surface area (Å²) in [5, 5.41) is 0. The molecular formula is C19H26ClN3O2. The molecule has 0 spiro atoms. The predicted molar refractivity (Wildman–Crippen MR) is 101 cm³/mol. The summed E-state index contributed by atoms with van der Waals surface area (Å²) >= 11 is 6.04. The first-order valence-corrected chi connectivity index (χ1v) is 9.24. The molecule has 1 heterocycles. The molecule has 1 aliphatic rings. The Kier molecular flexibility index (Phi) is 7.31. The standard InChI is InChI=1S/C19H26ClN3O2/c1-4-16-18(5-2)23(12-11-20)19(25-22-14(3)24)17(21-16)13-15-9-7-6-8-10-15/h6-10,18H,4-5,11-13H2,1-3H3,(H,22,24). The number of alkyl halides is 1. The number of nitrogens with one attached hydrogen (secondary N) is 1. The normalized spacial score (nSPS) is 17.4. The van der Waals surface area contributed by atoms with Crippen molar-refractivity contribution in [2.75, 3.05) is 12.4 Å². The van der Waals surface area contributed by atoms with Crippen molar-refractivity contribution >= 4 is 23.2 Å². The van der Waals surface area contributed by atoms with E-state index < -0.39 is 0 Å². The molecule has 0 aliphatic carbocycles. The number of amides is 1. The largest absolute Gasteiger partial charge is 0.359 e. The second kappa shape index (κ2) is 9.47. The van der Waals surface area contributed by atoms with Crippen molar-refractivity contribution in [3.05, 3.63) is 47.5 Å². The second-order valence-corrected chi connectivity index (χ2v) is 6.32. The van der Waals surface area contributed by atoms with Crippen LogP contribution in [0, 0.1) is 0 Å². The fourth-order valence-corrected chi connectivity index (χ4v) is 3.23. The minimum atomic E-state index is -0.254. The van der Waals surface area contributed by atoms with Gasteiger partial charge in [0, 0.05) is 31.5 Å². The first-order valence-electron chi connectivity index (χ1n) is 8.71. The Morgan fingerprint density at radius 2 is 2.04 bits per heavy atom. The maximum absolute atomic E-state index is 11.3. The highest BCUT2D eigenvalue weighted by atomic mass is 35.5. The SMILES string of the molecule is CCC1=NC(Cc2ccccc2)=C(ONC(C)=O)N(CCCl)C1CC. The molecule has 0 radical (unpaired) electrons. The lowest BCUT2D eigenvalue weighted by Crippen LogP contribution is -2.46. The van der Waals surface area contributed by atoms with Crippen LogP contribution in [0.4, 0.5) is 0 Å². The van der Waals surface area contributed by atoms with Gasteiger partial charge in [0.2, 0.25) is 11.8 Å². The molecule has 5 nitrogen and oxygen atoms in total. The number of hydrogen-bond donors (Lipinski definition) is 1. The van der Waals surface area contributed by atoms with E-state index in [1.54, 1.807) is 0 Å². The van der Waals surface area contributed by atoms with Crippen molar-refractivity contribution in [1.82, 2.24) is 10.4 Å². The first-order chi connectivity index (χ1) is 12.1. The third-order valence-electron chi connectivity index (χ3n) is 4.13. The van der Waals surface area contributed by atoms with Gasteiger partial charge in [0.25, 0.3) is 0 Å². The van der Waals surface area contributed by atoms with Gasteiger partial charge in [-0.25, -0.2) is 0 Å². The number of aliphatic imine (C=N–C) groups is 1. The highest BCUT2D eigenvalue weighted by Gasteiger charge is 2.31. The van der Waals surface area contributed by atoms with Crippen LogP contribution >= 0.6 is 11.6 Å². The number of allylic oxidation sites excluding steroid dienone is 1. The molecule has 1 unspecified atom stereocenters. The number of halogens is 1. The van der Waals surface area contributed by atoms with Crippen LogP contribution in [-0.4, -0.2) is 35.0 Å². The van der Waals surface area contributed by atoms with Gasteiger partial charge in [-0.1, -0.05) is 44.2 Å². The molecule has 136 valence electrons. The summed E-state index contributed by atoms with van der Waals surface area (Å²) < 4.78 is 0. The molecule has 0 bridgehead atoms. The third-order valence-corrected chi connectivity index (χ3v) is 4.30.